The van der Waals surface area contributed by atoms with Gasteiger partial charge in [-0.25, -0.2) is 4.39 Å². The molecule has 4 fully saturated rings. The van der Waals surface area contributed by atoms with Crippen molar-refractivity contribution in [3.05, 3.63) is 29.6 Å². The van der Waals surface area contributed by atoms with Gasteiger partial charge in [0.1, 0.15) is 5.82 Å². The van der Waals surface area contributed by atoms with E-state index in [1.807, 2.05) is 13.0 Å². The van der Waals surface area contributed by atoms with Gasteiger partial charge in [0.05, 0.1) is 11.1 Å². The number of rotatable bonds is 2. The molecular formula is C18H22FNO. The molecular weight excluding hydrogens is 265 g/mol. The first kappa shape index (κ1) is 13.3. The number of nitrogens with one attached hydrogen (secondary N) is 1. The average Bonchev–Trinajstić information content (AvgIpc) is 2.40. The van der Waals surface area contributed by atoms with Crippen LogP contribution in [0.4, 0.5) is 10.1 Å². The third-order valence-electron chi connectivity index (χ3n) is 5.89. The molecule has 21 heavy (non-hydrogen) atoms. The van der Waals surface area contributed by atoms with Crippen LogP contribution in [0.5, 0.6) is 0 Å². The Balaban J connectivity index is 1.57. The minimum absolute atomic E-state index is 0.0596. The van der Waals surface area contributed by atoms with Crippen LogP contribution in [-0.2, 0) is 4.79 Å². The molecule has 4 aliphatic rings. The number of carbonyl (C=O) groups excluding carboxylic acids is 1. The van der Waals surface area contributed by atoms with Gasteiger partial charge in [0.25, 0.3) is 0 Å². The molecule has 4 bridgehead atoms. The summed E-state index contributed by atoms with van der Waals surface area (Å²) in [5.74, 6) is 1.91. The summed E-state index contributed by atoms with van der Waals surface area (Å²) in [5, 5.41) is 2.88. The number of hydrogen-bond acceptors (Lipinski definition) is 1. The normalized spacial score (nSPS) is 36.8. The SMILES string of the molecule is Cc1ccc(NC(=O)C23CC4CC(CC(C4)C2)C3)c(F)c1. The highest BCUT2D eigenvalue weighted by Crippen LogP contribution is 2.60. The number of anilines is 1. The molecule has 1 aromatic carbocycles. The molecule has 3 heteroatoms. The number of aryl methyl sites for hydroxylation is 1. The second-order valence-corrected chi connectivity index (χ2v) is 7.64. The Morgan fingerprint density at radius 2 is 1.71 bits per heavy atom. The third kappa shape index (κ3) is 2.18. The summed E-state index contributed by atoms with van der Waals surface area (Å²) in [5.41, 5.74) is 0.994. The molecule has 0 atom stereocenters. The van der Waals surface area contributed by atoms with Crippen molar-refractivity contribution in [2.24, 2.45) is 23.2 Å². The standard InChI is InChI=1S/C18H22FNO/c1-11-2-3-16(15(19)4-11)20-17(21)18-8-12-5-13(9-18)7-14(6-12)10-18/h2-4,12-14H,5-10H2,1H3,(H,20,21). The van der Waals surface area contributed by atoms with Crippen molar-refractivity contribution < 1.29 is 9.18 Å². The average molecular weight is 287 g/mol. The lowest BCUT2D eigenvalue weighted by atomic mass is 9.49. The van der Waals surface area contributed by atoms with E-state index in [1.54, 1.807) is 6.07 Å². The molecule has 0 unspecified atom stereocenters. The largest absolute Gasteiger partial charge is 0.323 e. The van der Waals surface area contributed by atoms with Crippen LogP contribution in [0, 0.1) is 35.9 Å². The van der Waals surface area contributed by atoms with E-state index in [2.05, 4.69) is 5.32 Å². The van der Waals surface area contributed by atoms with Crippen molar-refractivity contribution in [1.29, 1.82) is 0 Å². The maximum atomic E-state index is 14.0. The van der Waals surface area contributed by atoms with Gasteiger partial charge in [-0.2, -0.15) is 0 Å². The molecule has 4 saturated carbocycles. The Morgan fingerprint density at radius 1 is 1.14 bits per heavy atom. The fraction of sp³-hybridized carbons (Fsp3) is 0.611. The summed E-state index contributed by atoms with van der Waals surface area (Å²) in [6, 6.07) is 5.01. The van der Waals surface area contributed by atoms with Crippen molar-refractivity contribution in [2.75, 3.05) is 5.32 Å². The number of amides is 1. The van der Waals surface area contributed by atoms with Crippen molar-refractivity contribution in [1.82, 2.24) is 0 Å². The van der Waals surface area contributed by atoms with Crippen molar-refractivity contribution >= 4 is 11.6 Å². The monoisotopic (exact) mass is 287 g/mol. The fourth-order valence-corrected chi connectivity index (χ4v) is 5.37. The zero-order chi connectivity index (χ0) is 14.6. The van der Waals surface area contributed by atoms with E-state index in [9.17, 15) is 9.18 Å². The first-order valence-electron chi connectivity index (χ1n) is 8.12. The molecule has 4 aliphatic carbocycles. The topological polar surface area (TPSA) is 29.1 Å². The maximum absolute atomic E-state index is 14.0. The lowest BCUT2D eigenvalue weighted by molar-refractivity contribution is -0.140. The zero-order valence-electron chi connectivity index (χ0n) is 12.5. The van der Waals surface area contributed by atoms with Gasteiger partial charge in [-0.1, -0.05) is 6.07 Å². The summed E-state index contributed by atoms with van der Waals surface area (Å²) < 4.78 is 14.0. The van der Waals surface area contributed by atoms with E-state index in [0.29, 0.717) is 5.69 Å². The molecule has 5 rings (SSSR count). The van der Waals surface area contributed by atoms with Gasteiger partial charge in [-0.3, -0.25) is 4.79 Å². The summed E-state index contributed by atoms with van der Waals surface area (Å²) in [7, 11) is 0. The van der Waals surface area contributed by atoms with Crippen LogP contribution in [0.15, 0.2) is 18.2 Å². The maximum Gasteiger partial charge on any atom is 0.230 e. The molecule has 1 N–H and O–H groups in total. The molecule has 0 saturated heterocycles. The highest BCUT2D eigenvalue weighted by atomic mass is 19.1. The van der Waals surface area contributed by atoms with Gasteiger partial charge in [0.2, 0.25) is 5.91 Å². The molecule has 0 radical (unpaired) electrons. The molecule has 1 aromatic rings. The van der Waals surface area contributed by atoms with Crippen LogP contribution in [-0.4, -0.2) is 5.91 Å². The first-order chi connectivity index (χ1) is 10.0. The summed E-state index contributed by atoms with van der Waals surface area (Å²) in [4.78, 5) is 12.8. The third-order valence-corrected chi connectivity index (χ3v) is 5.89. The first-order valence-corrected chi connectivity index (χ1v) is 8.12. The van der Waals surface area contributed by atoms with Crippen LogP contribution in [0.3, 0.4) is 0 Å². The Bertz CT molecular complexity index is 560. The highest BCUT2D eigenvalue weighted by molar-refractivity contribution is 5.95. The highest BCUT2D eigenvalue weighted by Gasteiger charge is 2.54. The van der Waals surface area contributed by atoms with E-state index in [-0.39, 0.29) is 17.1 Å². The van der Waals surface area contributed by atoms with E-state index < -0.39 is 0 Å². The summed E-state index contributed by atoms with van der Waals surface area (Å²) >= 11 is 0. The Morgan fingerprint density at radius 3 is 2.24 bits per heavy atom. The molecule has 0 spiro atoms. The van der Waals surface area contributed by atoms with E-state index in [0.717, 1.165) is 42.6 Å². The molecule has 112 valence electrons. The van der Waals surface area contributed by atoms with Crippen LogP contribution >= 0.6 is 0 Å². The van der Waals surface area contributed by atoms with Gasteiger partial charge in [-0.05, 0) is 80.9 Å². The molecule has 0 heterocycles. The minimum atomic E-state index is -0.326. The number of halogens is 1. The smallest absolute Gasteiger partial charge is 0.230 e. The van der Waals surface area contributed by atoms with Gasteiger partial charge in [0.15, 0.2) is 0 Å². The second-order valence-electron chi connectivity index (χ2n) is 7.64. The fourth-order valence-electron chi connectivity index (χ4n) is 5.37. The van der Waals surface area contributed by atoms with Crippen LogP contribution in [0.1, 0.15) is 44.1 Å². The van der Waals surface area contributed by atoms with Crippen LogP contribution in [0.25, 0.3) is 0 Å². The predicted octanol–water partition coefficient (Wildman–Crippen LogP) is 4.29. The molecule has 1 amide bonds. The zero-order valence-corrected chi connectivity index (χ0v) is 12.5. The van der Waals surface area contributed by atoms with Crippen molar-refractivity contribution in [2.45, 2.75) is 45.4 Å². The predicted molar refractivity (Wildman–Crippen MR) is 80.4 cm³/mol. The lowest BCUT2D eigenvalue weighted by Gasteiger charge is -2.55. The Hall–Kier alpha value is -1.38. The van der Waals surface area contributed by atoms with E-state index in [4.69, 9.17) is 0 Å². The Kier molecular flexibility index (Phi) is 2.88. The molecule has 0 aromatic heterocycles. The minimum Gasteiger partial charge on any atom is -0.323 e. The van der Waals surface area contributed by atoms with Crippen molar-refractivity contribution in [3.63, 3.8) is 0 Å². The van der Waals surface area contributed by atoms with E-state index in [1.165, 1.54) is 25.3 Å². The summed E-state index contributed by atoms with van der Waals surface area (Å²) in [6.45, 7) is 1.85. The van der Waals surface area contributed by atoms with Gasteiger partial charge in [-0.15, -0.1) is 0 Å². The number of carbonyl (C=O) groups is 1. The van der Waals surface area contributed by atoms with Gasteiger partial charge in [0, 0.05) is 0 Å². The number of benzene rings is 1. The number of hydrogen-bond donors (Lipinski definition) is 1. The quantitative estimate of drug-likeness (QED) is 0.863. The Labute approximate surface area is 125 Å². The van der Waals surface area contributed by atoms with Gasteiger partial charge >= 0.3 is 0 Å². The van der Waals surface area contributed by atoms with Crippen LogP contribution < -0.4 is 5.32 Å². The lowest BCUT2D eigenvalue weighted by Crippen LogP contribution is -2.51. The second kappa shape index (κ2) is 4.56. The molecule has 0 aliphatic heterocycles. The van der Waals surface area contributed by atoms with E-state index >= 15 is 0 Å². The van der Waals surface area contributed by atoms with Crippen molar-refractivity contribution in [3.8, 4) is 0 Å². The molecule has 2 nitrogen and oxygen atoms in total. The summed E-state index contributed by atoms with van der Waals surface area (Å²) in [6.07, 6.45) is 6.97. The van der Waals surface area contributed by atoms with Gasteiger partial charge < -0.3 is 5.32 Å². The van der Waals surface area contributed by atoms with Crippen LogP contribution in [0.2, 0.25) is 0 Å².